The van der Waals surface area contributed by atoms with Crippen molar-refractivity contribution in [2.24, 2.45) is 5.92 Å². The molecule has 3 unspecified atom stereocenters. The number of hydrogen-bond acceptors (Lipinski definition) is 2. The summed E-state index contributed by atoms with van der Waals surface area (Å²) in [7, 11) is 0. The molecule has 0 saturated heterocycles. The maximum atomic E-state index is 10.4. The summed E-state index contributed by atoms with van der Waals surface area (Å²) in [6.07, 6.45) is 8.59. The van der Waals surface area contributed by atoms with E-state index in [9.17, 15) is 5.11 Å². The van der Waals surface area contributed by atoms with Crippen molar-refractivity contribution in [2.75, 3.05) is 6.54 Å². The average Bonchev–Trinajstić information content (AvgIpc) is 2.93. The van der Waals surface area contributed by atoms with Crippen LogP contribution in [0.2, 0.25) is 0 Å². The van der Waals surface area contributed by atoms with Crippen LogP contribution < -0.4 is 5.32 Å². The maximum Gasteiger partial charge on any atom is 0.0914 e. The number of aryl methyl sites for hydroxylation is 2. The molecule has 2 aliphatic rings. The summed E-state index contributed by atoms with van der Waals surface area (Å²) in [5.41, 5.74) is 4.02. The Hall–Kier alpha value is -0.860. The summed E-state index contributed by atoms with van der Waals surface area (Å²) in [6, 6.07) is 7.14. The van der Waals surface area contributed by atoms with E-state index in [-0.39, 0.29) is 6.10 Å². The Morgan fingerprint density at radius 3 is 2.80 bits per heavy atom. The Morgan fingerprint density at radius 1 is 1.15 bits per heavy atom. The van der Waals surface area contributed by atoms with E-state index in [4.69, 9.17) is 0 Å². The van der Waals surface area contributed by atoms with E-state index in [1.807, 2.05) is 0 Å². The molecular weight excluding hydrogens is 246 g/mol. The lowest BCUT2D eigenvalue weighted by Gasteiger charge is -2.30. The van der Waals surface area contributed by atoms with Gasteiger partial charge in [-0.15, -0.1) is 0 Å². The summed E-state index contributed by atoms with van der Waals surface area (Å²) < 4.78 is 0. The highest BCUT2D eigenvalue weighted by molar-refractivity contribution is 5.36. The lowest BCUT2D eigenvalue weighted by Crippen LogP contribution is -2.39. The Bertz CT molecular complexity index is 457. The molecule has 20 heavy (non-hydrogen) atoms. The number of nitrogens with one attached hydrogen (secondary N) is 1. The van der Waals surface area contributed by atoms with Crippen molar-refractivity contribution >= 4 is 0 Å². The van der Waals surface area contributed by atoms with Crippen LogP contribution in [0.5, 0.6) is 0 Å². The molecule has 3 atom stereocenters. The molecule has 1 aromatic rings. The van der Waals surface area contributed by atoms with Crippen molar-refractivity contribution in [3.8, 4) is 0 Å². The van der Waals surface area contributed by atoms with Gasteiger partial charge in [0.1, 0.15) is 0 Å². The van der Waals surface area contributed by atoms with Crippen molar-refractivity contribution in [3.05, 3.63) is 34.9 Å². The second-order valence-electron chi connectivity index (χ2n) is 6.67. The molecule has 0 spiro atoms. The molecule has 2 N–H and O–H groups in total. The third kappa shape index (κ3) is 3.07. The third-order valence-electron chi connectivity index (χ3n) is 5.19. The second kappa shape index (κ2) is 6.28. The van der Waals surface area contributed by atoms with Gasteiger partial charge in [0.15, 0.2) is 0 Å². The minimum absolute atomic E-state index is 0.366. The number of aliphatic hydroxyl groups is 1. The van der Waals surface area contributed by atoms with Crippen molar-refractivity contribution in [2.45, 2.75) is 64.0 Å². The first kappa shape index (κ1) is 14.1. The van der Waals surface area contributed by atoms with Gasteiger partial charge in [0.25, 0.3) is 0 Å². The third-order valence-corrected chi connectivity index (χ3v) is 5.19. The molecule has 1 aromatic carbocycles. The van der Waals surface area contributed by atoms with Crippen LogP contribution in [0.1, 0.15) is 61.8 Å². The van der Waals surface area contributed by atoms with E-state index >= 15 is 0 Å². The Balaban J connectivity index is 1.57. The van der Waals surface area contributed by atoms with Crippen LogP contribution in [0, 0.1) is 5.92 Å². The summed E-state index contributed by atoms with van der Waals surface area (Å²) in [4.78, 5) is 0. The standard InChI is InChI=1S/C18H27NO/c1-13-5-2-3-8-17(13)19-12-18(20)16-10-9-14-6-4-7-15(14)11-16/h9-11,13,17-20H,2-8,12H2,1H3. The molecule has 110 valence electrons. The van der Waals surface area contributed by atoms with E-state index in [1.165, 1.54) is 56.1 Å². The Morgan fingerprint density at radius 2 is 1.95 bits per heavy atom. The van der Waals surface area contributed by atoms with Gasteiger partial charge in [-0.25, -0.2) is 0 Å². The topological polar surface area (TPSA) is 32.3 Å². The highest BCUT2D eigenvalue weighted by atomic mass is 16.3. The number of rotatable bonds is 4. The quantitative estimate of drug-likeness (QED) is 0.881. The van der Waals surface area contributed by atoms with Gasteiger partial charge in [0.05, 0.1) is 6.10 Å². The summed E-state index contributed by atoms with van der Waals surface area (Å²) in [6.45, 7) is 3.02. The summed E-state index contributed by atoms with van der Waals surface area (Å²) in [5.74, 6) is 0.746. The summed E-state index contributed by atoms with van der Waals surface area (Å²) in [5, 5.41) is 14.0. The van der Waals surface area contributed by atoms with E-state index in [0.29, 0.717) is 12.6 Å². The first-order chi connectivity index (χ1) is 9.74. The van der Waals surface area contributed by atoms with Crippen LogP contribution in [0.3, 0.4) is 0 Å². The molecule has 1 fully saturated rings. The number of aliphatic hydroxyl groups excluding tert-OH is 1. The first-order valence-electron chi connectivity index (χ1n) is 8.27. The molecule has 2 aliphatic carbocycles. The first-order valence-corrected chi connectivity index (χ1v) is 8.27. The molecular formula is C18H27NO. The zero-order valence-corrected chi connectivity index (χ0v) is 12.6. The second-order valence-corrected chi connectivity index (χ2v) is 6.67. The molecule has 2 nitrogen and oxygen atoms in total. The average molecular weight is 273 g/mol. The smallest absolute Gasteiger partial charge is 0.0914 e. The van der Waals surface area contributed by atoms with E-state index in [2.05, 4.69) is 30.4 Å². The lowest BCUT2D eigenvalue weighted by molar-refractivity contribution is 0.157. The van der Waals surface area contributed by atoms with Gasteiger partial charge in [-0.1, -0.05) is 38.0 Å². The number of benzene rings is 1. The van der Waals surface area contributed by atoms with Crippen LogP contribution in [0.15, 0.2) is 18.2 Å². The fourth-order valence-electron chi connectivity index (χ4n) is 3.80. The van der Waals surface area contributed by atoms with Gasteiger partial charge >= 0.3 is 0 Å². The Labute approximate surface area is 122 Å². The van der Waals surface area contributed by atoms with Gasteiger partial charge in [-0.3, -0.25) is 0 Å². The molecule has 0 bridgehead atoms. The van der Waals surface area contributed by atoms with Gasteiger partial charge in [0.2, 0.25) is 0 Å². The molecule has 0 heterocycles. The number of hydrogen-bond donors (Lipinski definition) is 2. The highest BCUT2D eigenvalue weighted by Crippen LogP contribution is 2.26. The minimum Gasteiger partial charge on any atom is -0.387 e. The van der Waals surface area contributed by atoms with E-state index in [1.54, 1.807) is 0 Å². The maximum absolute atomic E-state index is 10.4. The molecule has 3 rings (SSSR count). The molecule has 0 amide bonds. The predicted molar refractivity (Wildman–Crippen MR) is 82.8 cm³/mol. The Kier molecular flexibility index (Phi) is 4.42. The van der Waals surface area contributed by atoms with Crippen molar-refractivity contribution in [1.29, 1.82) is 0 Å². The molecule has 0 aliphatic heterocycles. The number of fused-ring (bicyclic) bond motifs is 1. The van der Waals surface area contributed by atoms with Crippen LogP contribution in [0.25, 0.3) is 0 Å². The molecule has 0 radical (unpaired) electrons. The largest absolute Gasteiger partial charge is 0.387 e. The zero-order valence-electron chi connectivity index (χ0n) is 12.6. The van der Waals surface area contributed by atoms with E-state index in [0.717, 1.165) is 11.5 Å². The van der Waals surface area contributed by atoms with Gasteiger partial charge in [0, 0.05) is 12.6 Å². The highest BCUT2D eigenvalue weighted by Gasteiger charge is 2.22. The van der Waals surface area contributed by atoms with Crippen molar-refractivity contribution in [1.82, 2.24) is 5.32 Å². The molecule has 1 saturated carbocycles. The minimum atomic E-state index is -0.366. The van der Waals surface area contributed by atoms with Gasteiger partial charge < -0.3 is 10.4 Å². The normalized spacial score (nSPS) is 27.3. The molecule has 0 aromatic heterocycles. The zero-order chi connectivity index (χ0) is 13.9. The fraction of sp³-hybridized carbons (Fsp3) is 0.667. The van der Waals surface area contributed by atoms with Gasteiger partial charge in [-0.05, 0) is 54.7 Å². The predicted octanol–water partition coefficient (Wildman–Crippen LogP) is 3.38. The molecule has 2 heteroatoms. The van der Waals surface area contributed by atoms with Crippen LogP contribution in [-0.2, 0) is 12.8 Å². The van der Waals surface area contributed by atoms with Crippen LogP contribution in [0.4, 0.5) is 0 Å². The summed E-state index contributed by atoms with van der Waals surface area (Å²) >= 11 is 0. The lowest BCUT2D eigenvalue weighted by atomic mass is 9.86. The van der Waals surface area contributed by atoms with E-state index < -0.39 is 0 Å². The fourth-order valence-corrected chi connectivity index (χ4v) is 3.80. The van der Waals surface area contributed by atoms with Crippen molar-refractivity contribution < 1.29 is 5.11 Å². The SMILES string of the molecule is CC1CCCCC1NCC(O)c1ccc2c(c1)CCC2. The van der Waals surface area contributed by atoms with Gasteiger partial charge in [-0.2, -0.15) is 0 Å². The van der Waals surface area contributed by atoms with Crippen LogP contribution >= 0.6 is 0 Å². The monoisotopic (exact) mass is 273 g/mol. The van der Waals surface area contributed by atoms with Crippen LogP contribution in [-0.4, -0.2) is 17.7 Å². The van der Waals surface area contributed by atoms with Crippen molar-refractivity contribution in [3.63, 3.8) is 0 Å².